The van der Waals surface area contributed by atoms with Crippen molar-refractivity contribution in [3.8, 4) is 10.4 Å². The Morgan fingerprint density at radius 1 is 0.970 bits per heavy atom. The molecular weight excluding hydrogens is 447 g/mol. The largest absolute Gasteiger partial charge is 0.464 e. The molecule has 0 spiro atoms. The molecule has 0 bridgehead atoms. The van der Waals surface area contributed by atoms with E-state index in [0.29, 0.717) is 12.1 Å². The van der Waals surface area contributed by atoms with Crippen LogP contribution < -0.4 is 5.32 Å². The monoisotopic (exact) mass is 467 g/mol. The summed E-state index contributed by atoms with van der Waals surface area (Å²) in [4.78, 5) is 13.3. The normalized spacial score (nSPS) is 12.1. The summed E-state index contributed by atoms with van der Waals surface area (Å²) in [7, 11) is 1.31. The van der Waals surface area contributed by atoms with Gasteiger partial charge in [-0.1, -0.05) is 60.7 Å². The van der Waals surface area contributed by atoms with Crippen molar-refractivity contribution < 1.29 is 22.7 Å². The number of nitrogens with one attached hydrogen (secondary N) is 1. The number of methoxy groups -OCH3 is 1. The van der Waals surface area contributed by atoms with E-state index in [1.165, 1.54) is 30.6 Å². The zero-order valence-electron chi connectivity index (χ0n) is 17.6. The van der Waals surface area contributed by atoms with Crippen LogP contribution in [0.15, 0.2) is 84.6 Å². The van der Waals surface area contributed by atoms with E-state index in [2.05, 4.69) is 5.32 Å². The van der Waals surface area contributed by atoms with Crippen molar-refractivity contribution in [1.82, 2.24) is 5.32 Å². The number of halogens is 3. The van der Waals surface area contributed by atoms with Crippen LogP contribution in [0.25, 0.3) is 26.6 Å². The van der Waals surface area contributed by atoms with Gasteiger partial charge in [0, 0.05) is 27.1 Å². The molecule has 4 rings (SSSR count). The van der Waals surface area contributed by atoms with Gasteiger partial charge in [0.2, 0.25) is 0 Å². The van der Waals surface area contributed by atoms with Crippen molar-refractivity contribution in [2.45, 2.75) is 12.7 Å². The highest BCUT2D eigenvalue weighted by atomic mass is 32.1. The molecule has 1 heterocycles. The van der Waals surface area contributed by atoms with Crippen molar-refractivity contribution in [2.75, 3.05) is 7.11 Å². The second-order valence-electron chi connectivity index (χ2n) is 7.30. The van der Waals surface area contributed by atoms with E-state index in [0.717, 1.165) is 38.2 Å². The summed E-state index contributed by atoms with van der Waals surface area (Å²) in [6, 6.07) is 22.3. The smallest absolute Gasteiger partial charge is 0.416 e. The lowest BCUT2D eigenvalue weighted by Crippen LogP contribution is -2.21. The highest BCUT2D eigenvalue weighted by Crippen LogP contribution is 2.41. The fraction of sp³-hybridized carbons (Fsp3) is 0.115. The van der Waals surface area contributed by atoms with Crippen molar-refractivity contribution in [3.63, 3.8) is 0 Å². The molecule has 1 aromatic heterocycles. The van der Waals surface area contributed by atoms with Gasteiger partial charge in [0.25, 0.3) is 0 Å². The molecule has 3 nitrogen and oxygen atoms in total. The summed E-state index contributed by atoms with van der Waals surface area (Å²) >= 11 is 1.46. The molecule has 0 saturated carbocycles. The minimum Gasteiger partial charge on any atom is -0.464 e. The van der Waals surface area contributed by atoms with Crippen LogP contribution in [0, 0.1) is 0 Å². The number of hydrogen-bond donors (Lipinski definition) is 1. The summed E-state index contributed by atoms with van der Waals surface area (Å²) in [6.07, 6.45) is -2.69. The number of carbonyl (C=O) groups is 1. The summed E-state index contributed by atoms with van der Waals surface area (Å²) in [5.74, 6) is -0.528. The maximum atomic E-state index is 13.0. The molecule has 1 N–H and O–H groups in total. The average molecular weight is 468 g/mol. The van der Waals surface area contributed by atoms with Crippen LogP contribution in [0.3, 0.4) is 0 Å². The maximum absolute atomic E-state index is 13.0. The first kappa shape index (κ1) is 22.6. The van der Waals surface area contributed by atoms with Crippen LogP contribution in [0.2, 0.25) is 0 Å². The van der Waals surface area contributed by atoms with E-state index >= 15 is 0 Å². The van der Waals surface area contributed by atoms with E-state index in [9.17, 15) is 18.0 Å². The molecular formula is C26H20F3NO2S. The van der Waals surface area contributed by atoms with E-state index in [1.54, 1.807) is 6.08 Å². The Hall–Kier alpha value is -3.58. The molecule has 0 aliphatic rings. The lowest BCUT2D eigenvalue weighted by atomic mass is 10.0. The molecule has 33 heavy (non-hydrogen) atoms. The number of hydrogen-bond acceptors (Lipinski definition) is 4. The highest BCUT2D eigenvalue weighted by molar-refractivity contribution is 7.22. The summed E-state index contributed by atoms with van der Waals surface area (Å²) < 4.78 is 45.0. The fourth-order valence-corrected chi connectivity index (χ4v) is 4.65. The molecule has 3 aromatic carbocycles. The first-order valence-corrected chi connectivity index (χ1v) is 11.0. The van der Waals surface area contributed by atoms with Gasteiger partial charge in [-0.2, -0.15) is 13.2 Å². The topological polar surface area (TPSA) is 38.3 Å². The van der Waals surface area contributed by atoms with Crippen LogP contribution in [-0.4, -0.2) is 13.1 Å². The molecule has 4 aromatic rings. The third-order valence-electron chi connectivity index (χ3n) is 5.13. The molecule has 0 radical (unpaired) electrons. The fourth-order valence-electron chi connectivity index (χ4n) is 3.46. The van der Waals surface area contributed by atoms with Gasteiger partial charge < -0.3 is 10.1 Å². The Balaban J connectivity index is 1.79. The SMILES string of the molecule is COC(=O)/C(=C\c1c(-c2ccc(C(F)(F)F)cc2)sc2ccccc12)NCc1ccccc1. The second kappa shape index (κ2) is 9.50. The molecule has 0 aliphatic heterocycles. The van der Waals surface area contributed by atoms with Gasteiger partial charge in [0.05, 0.1) is 12.7 Å². The Morgan fingerprint density at radius 2 is 1.64 bits per heavy atom. The van der Waals surface area contributed by atoms with Gasteiger partial charge in [0.15, 0.2) is 0 Å². The summed E-state index contributed by atoms with van der Waals surface area (Å²) in [6.45, 7) is 0.416. The van der Waals surface area contributed by atoms with Gasteiger partial charge in [-0.05, 0) is 35.4 Å². The van der Waals surface area contributed by atoms with E-state index in [1.807, 2.05) is 54.6 Å². The summed E-state index contributed by atoms with van der Waals surface area (Å²) in [5, 5.41) is 4.04. The number of benzene rings is 3. The maximum Gasteiger partial charge on any atom is 0.416 e. The highest BCUT2D eigenvalue weighted by Gasteiger charge is 2.30. The Morgan fingerprint density at radius 3 is 2.30 bits per heavy atom. The molecule has 0 saturated heterocycles. The predicted molar refractivity (Wildman–Crippen MR) is 126 cm³/mol. The van der Waals surface area contributed by atoms with E-state index in [4.69, 9.17) is 4.74 Å². The van der Waals surface area contributed by atoms with Crippen LogP contribution in [0.1, 0.15) is 16.7 Å². The zero-order valence-corrected chi connectivity index (χ0v) is 18.5. The molecule has 7 heteroatoms. The predicted octanol–water partition coefficient (Wildman–Crippen LogP) is 6.89. The third-order valence-corrected chi connectivity index (χ3v) is 6.36. The number of alkyl halides is 3. The zero-order chi connectivity index (χ0) is 23.4. The van der Waals surface area contributed by atoms with E-state index in [-0.39, 0.29) is 5.70 Å². The van der Waals surface area contributed by atoms with Crippen LogP contribution >= 0.6 is 11.3 Å². The molecule has 168 valence electrons. The number of ether oxygens (including phenoxy) is 1. The number of fused-ring (bicyclic) bond motifs is 1. The second-order valence-corrected chi connectivity index (χ2v) is 8.36. The van der Waals surface area contributed by atoms with Gasteiger partial charge >= 0.3 is 12.1 Å². The Bertz CT molecular complexity index is 1290. The number of esters is 1. The van der Waals surface area contributed by atoms with Crippen LogP contribution in [-0.2, 0) is 22.3 Å². The lowest BCUT2D eigenvalue weighted by molar-refractivity contribution is -0.138. The molecule has 0 fully saturated rings. The minimum absolute atomic E-state index is 0.262. The Kier molecular flexibility index (Phi) is 6.51. The number of thiophene rings is 1. The van der Waals surface area contributed by atoms with Gasteiger partial charge in [-0.15, -0.1) is 11.3 Å². The Labute approximate surface area is 193 Å². The van der Waals surface area contributed by atoms with Crippen LogP contribution in [0.5, 0.6) is 0 Å². The molecule has 0 unspecified atom stereocenters. The minimum atomic E-state index is -4.40. The van der Waals surface area contributed by atoms with Crippen LogP contribution in [0.4, 0.5) is 13.2 Å². The lowest BCUT2D eigenvalue weighted by Gasteiger charge is -2.11. The average Bonchev–Trinajstić information content (AvgIpc) is 3.19. The van der Waals surface area contributed by atoms with Gasteiger partial charge in [-0.25, -0.2) is 4.79 Å². The quantitative estimate of drug-likeness (QED) is 0.248. The van der Waals surface area contributed by atoms with E-state index < -0.39 is 17.7 Å². The van der Waals surface area contributed by atoms with Crippen molar-refractivity contribution in [3.05, 3.63) is 101 Å². The number of rotatable bonds is 6. The van der Waals surface area contributed by atoms with Crippen molar-refractivity contribution in [2.24, 2.45) is 0 Å². The standard InChI is InChI=1S/C26H20F3NO2S/c1-32-25(31)22(30-16-17-7-3-2-4-8-17)15-21-20-9-5-6-10-23(20)33-24(21)18-11-13-19(14-12-18)26(27,28)29/h2-15,30H,16H2,1H3/b22-15+. The third kappa shape index (κ3) is 5.09. The van der Waals surface area contributed by atoms with Gasteiger partial charge in [0.1, 0.15) is 5.70 Å². The molecule has 0 atom stereocenters. The molecule has 0 aliphatic carbocycles. The molecule has 0 amide bonds. The number of carbonyl (C=O) groups excluding carboxylic acids is 1. The summed E-state index contributed by atoms with van der Waals surface area (Å²) in [5.41, 5.74) is 1.94. The van der Waals surface area contributed by atoms with Crippen molar-refractivity contribution in [1.29, 1.82) is 0 Å². The first-order chi connectivity index (χ1) is 15.9. The van der Waals surface area contributed by atoms with Crippen molar-refractivity contribution >= 4 is 33.5 Å². The first-order valence-electron chi connectivity index (χ1n) is 10.1. The van der Waals surface area contributed by atoms with Gasteiger partial charge in [-0.3, -0.25) is 0 Å².